The molecule has 0 saturated heterocycles. The first-order valence-corrected chi connectivity index (χ1v) is 7.90. The van der Waals surface area contributed by atoms with Gasteiger partial charge >= 0.3 is 0 Å². The SMILES string of the molecule is NS(=O)(=O)C1CCC(C(=O)NCCCOC=O)CC1. The number of carbonyl (C=O) groups is 2. The average molecular weight is 292 g/mol. The van der Waals surface area contributed by atoms with Gasteiger partial charge in [-0.3, -0.25) is 9.59 Å². The maximum Gasteiger partial charge on any atom is 0.293 e. The molecule has 0 aromatic carbocycles. The lowest BCUT2D eigenvalue weighted by Crippen LogP contribution is -2.38. The molecule has 8 heteroatoms. The molecule has 3 N–H and O–H groups in total. The fraction of sp³-hybridized carbons (Fsp3) is 0.818. The molecule has 1 saturated carbocycles. The van der Waals surface area contributed by atoms with E-state index in [2.05, 4.69) is 10.1 Å². The van der Waals surface area contributed by atoms with Gasteiger partial charge in [-0.1, -0.05) is 0 Å². The van der Waals surface area contributed by atoms with Crippen molar-refractivity contribution in [1.82, 2.24) is 5.32 Å². The number of amides is 1. The summed E-state index contributed by atoms with van der Waals surface area (Å²) < 4.78 is 26.8. The van der Waals surface area contributed by atoms with Crippen LogP contribution in [0.15, 0.2) is 0 Å². The van der Waals surface area contributed by atoms with E-state index in [1.165, 1.54) is 0 Å². The Labute approximate surface area is 112 Å². The smallest absolute Gasteiger partial charge is 0.293 e. The van der Waals surface area contributed by atoms with Crippen molar-refractivity contribution in [2.75, 3.05) is 13.2 Å². The Morgan fingerprint density at radius 1 is 1.32 bits per heavy atom. The van der Waals surface area contributed by atoms with Crippen molar-refractivity contribution in [1.29, 1.82) is 0 Å². The Bertz CT molecular complexity index is 401. The van der Waals surface area contributed by atoms with E-state index in [0.717, 1.165) is 0 Å². The minimum atomic E-state index is -3.48. The van der Waals surface area contributed by atoms with Gasteiger partial charge < -0.3 is 10.1 Å². The summed E-state index contributed by atoms with van der Waals surface area (Å²) in [5.74, 6) is -0.219. The van der Waals surface area contributed by atoms with E-state index in [-0.39, 0.29) is 18.4 Å². The Balaban J connectivity index is 2.23. The summed E-state index contributed by atoms with van der Waals surface area (Å²) in [6.07, 6.45) is 2.52. The fourth-order valence-corrected chi connectivity index (χ4v) is 3.14. The molecule has 1 amide bonds. The Morgan fingerprint density at radius 2 is 1.95 bits per heavy atom. The highest BCUT2D eigenvalue weighted by Gasteiger charge is 2.31. The number of carbonyl (C=O) groups excluding carboxylic acids is 2. The molecule has 0 spiro atoms. The second-order valence-corrected chi connectivity index (χ2v) is 6.52. The van der Waals surface area contributed by atoms with Crippen molar-refractivity contribution < 1.29 is 22.7 Å². The van der Waals surface area contributed by atoms with E-state index in [1.54, 1.807) is 0 Å². The highest BCUT2D eigenvalue weighted by atomic mass is 32.2. The molecule has 0 aromatic heterocycles. The van der Waals surface area contributed by atoms with Crippen molar-refractivity contribution in [3.8, 4) is 0 Å². The largest absolute Gasteiger partial charge is 0.468 e. The van der Waals surface area contributed by atoms with Crippen LogP contribution in [0.5, 0.6) is 0 Å². The molecule has 0 atom stereocenters. The number of ether oxygens (including phenoxy) is 1. The van der Waals surface area contributed by atoms with Crippen LogP contribution >= 0.6 is 0 Å². The van der Waals surface area contributed by atoms with Gasteiger partial charge in [0.15, 0.2) is 0 Å². The summed E-state index contributed by atoms with van der Waals surface area (Å²) in [4.78, 5) is 21.7. The van der Waals surface area contributed by atoms with Crippen molar-refractivity contribution in [2.24, 2.45) is 11.1 Å². The van der Waals surface area contributed by atoms with Crippen molar-refractivity contribution >= 4 is 22.4 Å². The number of hydrogen-bond acceptors (Lipinski definition) is 5. The zero-order chi connectivity index (χ0) is 14.3. The zero-order valence-electron chi connectivity index (χ0n) is 10.7. The van der Waals surface area contributed by atoms with E-state index < -0.39 is 15.3 Å². The predicted molar refractivity (Wildman–Crippen MR) is 68.5 cm³/mol. The van der Waals surface area contributed by atoms with Crippen LogP contribution in [0.25, 0.3) is 0 Å². The van der Waals surface area contributed by atoms with Gasteiger partial charge in [-0.05, 0) is 32.1 Å². The monoisotopic (exact) mass is 292 g/mol. The summed E-state index contributed by atoms with van der Waals surface area (Å²) >= 11 is 0. The molecule has 0 unspecified atom stereocenters. The summed E-state index contributed by atoms with van der Waals surface area (Å²) in [5.41, 5.74) is 0. The first kappa shape index (κ1) is 15.9. The predicted octanol–water partition coefficient (Wildman–Crippen LogP) is -0.487. The standard InChI is InChI=1S/C11H20N2O5S/c12-19(16,17)10-4-2-9(3-5-10)11(15)13-6-1-7-18-8-14/h8-10H,1-7H2,(H,13,15)(H2,12,16,17). The number of nitrogens with two attached hydrogens (primary N) is 1. The summed E-state index contributed by atoms with van der Waals surface area (Å²) in [5, 5.41) is 7.32. The summed E-state index contributed by atoms with van der Waals surface area (Å²) in [6, 6.07) is 0. The van der Waals surface area contributed by atoms with E-state index in [1.807, 2.05) is 0 Å². The lowest BCUT2D eigenvalue weighted by Gasteiger charge is -2.26. The van der Waals surface area contributed by atoms with Gasteiger partial charge in [0.05, 0.1) is 11.9 Å². The fourth-order valence-electron chi connectivity index (χ4n) is 2.21. The molecule has 0 heterocycles. The second-order valence-electron chi connectivity index (χ2n) is 4.67. The third-order valence-electron chi connectivity index (χ3n) is 3.32. The Kier molecular flexibility index (Phi) is 6.23. The van der Waals surface area contributed by atoms with E-state index >= 15 is 0 Å². The minimum absolute atomic E-state index is 0.0704. The Hall–Kier alpha value is -1.15. The normalized spacial score (nSPS) is 23.6. The molecule has 1 rings (SSSR count). The molecular weight excluding hydrogens is 272 g/mol. The molecule has 0 bridgehead atoms. The van der Waals surface area contributed by atoms with Crippen molar-refractivity contribution in [3.05, 3.63) is 0 Å². The van der Waals surface area contributed by atoms with Gasteiger partial charge in [0, 0.05) is 12.5 Å². The highest BCUT2D eigenvalue weighted by Crippen LogP contribution is 2.27. The number of nitrogens with one attached hydrogen (secondary N) is 1. The average Bonchev–Trinajstić information content (AvgIpc) is 2.37. The topological polar surface area (TPSA) is 116 Å². The van der Waals surface area contributed by atoms with Gasteiger partial charge in [-0.25, -0.2) is 13.6 Å². The van der Waals surface area contributed by atoms with E-state index in [4.69, 9.17) is 5.14 Å². The first-order valence-electron chi connectivity index (χ1n) is 6.29. The summed E-state index contributed by atoms with van der Waals surface area (Å²) in [6.45, 7) is 1.10. The number of sulfonamides is 1. The molecule has 110 valence electrons. The highest BCUT2D eigenvalue weighted by molar-refractivity contribution is 7.89. The maximum atomic E-state index is 11.8. The van der Waals surface area contributed by atoms with E-state index in [9.17, 15) is 18.0 Å². The third-order valence-corrected chi connectivity index (χ3v) is 4.72. The third kappa shape index (κ3) is 5.56. The number of hydrogen-bond donors (Lipinski definition) is 2. The van der Waals surface area contributed by atoms with Crippen molar-refractivity contribution in [2.45, 2.75) is 37.4 Å². The van der Waals surface area contributed by atoms with Gasteiger partial charge in [0.1, 0.15) is 0 Å². The molecule has 0 aliphatic heterocycles. The molecule has 0 aromatic rings. The van der Waals surface area contributed by atoms with E-state index in [0.29, 0.717) is 45.1 Å². The quantitative estimate of drug-likeness (QED) is 0.485. The molecule has 0 radical (unpaired) electrons. The molecular formula is C11H20N2O5S. The molecule has 1 aliphatic carbocycles. The molecule has 7 nitrogen and oxygen atoms in total. The van der Waals surface area contributed by atoms with Crippen LogP contribution in [0.1, 0.15) is 32.1 Å². The minimum Gasteiger partial charge on any atom is -0.468 e. The zero-order valence-corrected chi connectivity index (χ0v) is 11.5. The lowest BCUT2D eigenvalue weighted by molar-refractivity contribution is -0.128. The summed E-state index contributed by atoms with van der Waals surface area (Å²) in [7, 11) is -3.48. The number of rotatable bonds is 7. The van der Waals surface area contributed by atoms with Crippen LogP contribution in [0, 0.1) is 5.92 Å². The molecule has 1 fully saturated rings. The van der Waals surface area contributed by atoms with Crippen LogP contribution in [0.2, 0.25) is 0 Å². The van der Waals surface area contributed by atoms with Crippen molar-refractivity contribution in [3.63, 3.8) is 0 Å². The number of primary sulfonamides is 1. The molecule has 1 aliphatic rings. The maximum absolute atomic E-state index is 11.8. The van der Waals surface area contributed by atoms with Crippen LogP contribution in [0.4, 0.5) is 0 Å². The van der Waals surface area contributed by atoms with Crippen LogP contribution in [0.3, 0.4) is 0 Å². The second kappa shape index (κ2) is 7.44. The molecule has 19 heavy (non-hydrogen) atoms. The van der Waals surface area contributed by atoms with Crippen LogP contribution in [-0.4, -0.2) is 39.2 Å². The van der Waals surface area contributed by atoms with Gasteiger partial charge in [-0.2, -0.15) is 0 Å². The first-order chi connectivity index (χ1) is 8.95. The van der Waals surface area contributed by atoms with Crippen LogP contribution in [-0.2, 0) is 24.3 Å². The van der Waals surface area contributed by atoms with Gasteiger partial charge in [0.25, 0.3) is 6.47 Å². The van der Waals surface area contributed by atoms with Gasteiger partial charge in [0.2, 0.25) is 15.9 Å². The Morgan fingerprint density at radius 3 is 2.47 bits per heavy atom. The lowest BCUT2D eigenvalue weighted by atomic mass is 9.88. The van der Waals surface area contributed by atoms with Crippen LogP contribution < -0.4 is 10.5 Å². The van der Waals surface area contributed by atoms with Gasteiger partial charge in [-0.15, -0.1) is 0 Å².